The molecule has 0 saturated carbocycles. The van der Waals surface area contributed by atoms with E-state index in [-0.39, 0.29) is 25.4 Å². The first-order valence-corrected chi connectivity index (χ1v) is 17.3. The average molecular weight is 673 g/mol. The van der Waals surface area contributed by atoms with Gasteiger partial charge in [0.25, 0.3) is 15.4 Å². The first kappa shape index (κ1) is 38.0. The average Bonchev–Trinajstić information content (AvgIpc) is 3.44. The molecular formula is C29H44N4O10S2. The minimum absolute atomic E-state index is 0.0574. The Balaban J connectivity index is 2.23. The molecule has 5 atom stereocenters. The van der Waals surface area contributed by atoms with Crippen LogP contribution in [-0.4, -0.2) is 105 Å². The highest BCUT2D eigenvalue weighted by molar-refractivity contribution is 8.43. The van der Waals surface area contributed by atoms with Gasteiger partial charge in [-0.15, -0.1) is 10.9 Å². The number of carbonyl (C=O) groups is 4. The second-order valence-electron chi connectivity index (χ2n) is 10.6. The third kappa shape index (κ3) is 12.3. The van der Waals surface area contributed by atoms with E-state index in [1.807, 2.05) is 6.92 Å². The van der Waals surface area contributed by atoms with Crippen LogP contribution in [0.1, 0.15) is 39.2 Å². The molecule has 4 N–H and O–H groups in total. The number of hydrogen-bond donors (Lipinski definition) is 5. The van der Waals surface area contributed by atoms with Gasteiger partial charge in [-0.05, 0) is 37.7 Å². The fraction of sp³-hybridized carbons (Fsp3) is 0.552. The smallest absolute Gasteiger partial charge is 0.268 e. The zero-order valence-corrected chi connectivity index (χ0v) is 27.9. The minimum atomic E-state index is -4.00. The molecule has 1 heterocycles. The van der Waals surface area contributed by atoms with Gasteiger partial charge in [0.1, 0.15) is 24.3 Å². The van der Waals surface area contributed by atoms with Crippen molar-refractivity contribution in [2.24, 2.45) is 4.99 Å². The van der Waals surface area contributed by atoms with Gasteiger partial charge in [-0.3, -0.25) is 28.4 Å². The van der Waals surface area contributed by atoms with Crippen LogP contribution in [0.4, 0.5) is 4.79 Å². The number of unbranched alkanes of at least 4 members (excludes halogenated alkanes) is 1. The Hall–Kier alpha value is -3.15. The van der Waals surface area contributed by atoms with Gasteiger partial charge in [-0.1, -0.05) is 43.7 Å². The highest BCUT2D eigenvalue weighted by Gasteiger charge is 2.39. The van der Waals surface area contributed by atoms with Crippen LogP contribution in [0.25, 0.3) is 0 Å². The molecular weight excluding hydrogens is 628 g/mol. The maximum absolute atomic E-state index is 13.6. The topological polar surface area (TPSA) is 199 Å². The lowest BCUT2D eigenvalue weighted by Crippen LogP contribution is -2.60. The van der Waals surface area contributed by atoms with Gasteiger partial charge < -0.3 is 30.5 Å². The zero-order chi connectivity index (χ0) is 33.6. The summed E-state index contributed by atoms with van der Waals surface area (Å²) in [6.45, 7) is 3.28. The summed E-state index contributed by atoms with van der Waals surface area (Å²) in [5.74, 6) is -2.73. The third-order valence-corrected chi connectivity index (χ3v) is 9.75. The number of nitrogens with zero attached hydrogens (tertiary/aromatic N) is 1. The Morgan fingerprint density at radius 1 is 0.978 bits per heavy atom. The summed E-state index contributed by atoms with van der Waals surface area (Å²) < 4.78 is 39.6. The van der Waals surface area contributed by atoms with Crippen molar-refractivity contribution in [2.45, 2.75) is 63.8 Å². The van der Waals surface area contributed by atoms with E-state index in [0.717, 1.165) is 6.92 Å². The van der Waals surface area contributed by atoms with Gasteiger partial charge in [-0.2, -0.15) is 8.42 Å². The first-order chi connectivity index (χ1) is 21.2. The summed E-state index contributed by atoms with van der Waals surface area (Å²) in [6.07, 6.45) is 2.41. The van der Waals surface area contributed by atoms with Crippen molar-refractivity contribution in [2.75, 3.05) is 39.8 Å². The highest BCUT2D eigenvalue weighted by Crippen LogP contribution is 2.33. The van der Waals surface area contributed by atoms with Gasteiger partial charge in [-0.25, -0.2) is 0 Å². The fourth-order valence-electron chi connectivity index (χ4n) is 4.15. The van der Waals surface area contributed by atoms with Crippen LogP contribution in [0.3, 0.4) is 0 Å². The Labute approximate surface area is 266 Å². The van der Waals surface area contributed by atoms with Gasteiger partial charge in [0.05, 0.1) is 30.1 Å². The van der Waals surface area contributed by atoms with Gasteiger partial charge >= 0.3 is 0 Å². The Bertz CT molecular complexity index is 1340. The summed E-state index contributed by atoms with van der Waals surface area (Å²) in [4.78, 5) is 57.1. The lowest BCUT2D eigenvalue weighted by Gasteiger charge is -2.29. The number of Topliss-reactive ketones (excluding diaryl/α,β-unsaturated/α-hetero) is 1. The van der Waals surface area contributed by atoms with Crippen molar-refractivity contribution in [3.05, 3.63) is 47.5 Å². The van der Waals surface area contributed by atoms with Crippen molar-refractivity contribution < 1.29 is 46.4 Å². The number of ether oxygens (including phenoxy) is 2. The van der Waals surface area contributed by atoms with Crippen molar-refractivity contribution in [3.8, 4) is 0 Å². The number of methoxy groups -OCH3 is 2. The van der Waals surface area contributed by atoms with E-state index >= 15 is 0 Å². The fourth-order valence-corrected chi connectivity index (χ4v) is 6.65. The Kier molecular flexibility index (Phi) is 15.3. The monoisotopic (exact) mass is 672 g/mol. The molecule has 14 nitrogen and oxygen atoms in total. The van der Waals surface area contributed by atoms with E-state index in [0.29, 0.717) is 23.4 Å². The minimum Gasteiger partial charge on any atom is -0.382 e. The van der Waals surface area contributed by atoms with Crippen LogP contribution < -0.4 is 16.0 Å². The van der Waals surface area contributed by atoms with Crippen LogP contribution in [0, 0.1) is 0 Å². The van der Waals surface area contributed by atoms with E-state index < -0.39 is 74.2 Å². The molecule has 45 heavy (non-hydrogen) atoms. The third-order valence-electron chi connectivity index (χ3n) is 6.67. The molecule has 0 fully saturated rings. The number of thiol groups is 1. The molecule has 2 rings (SSSR count). The molecule has 0 spiro atoms. The molecule has 0 radical (unpaired) electrons. The van der Waals surface area contributed by atoms with E-state index in [4.69, 9.17) is 13.7 Å². The van der Waals surface area contributed by atoms with Crippen molar-refractivity contribution in [3.63, 3.8) is 0 Å². The SMILES string of the molecule is CCCCS(=O)(=O)OC[C@@](C)(O)C(=O)[C@H](Cc1ccccc1)NC(=O)[C@H](COC)NC(=O)[C@H](COC)NC(=O)[SH]1C=CN=C1C. The molecule has 1 aliphatic heterocycles. The number of benzene rings is 1. The summed E-state index contributed by atoms with van der Waals surface area (Å²) in [5, 5.41) is 20.6. The lowest BCUT2D eigenvalue weighted by molar-refractivity contribution is -0.143. The number of rotatable bonds is 19. The maximum atomic E-state index is 13.6. The number of aliphatic imine (C=N–C) groups is 1. The van der Waals surface area contributed by atoms with Crippen LogP contribution in [0.2, 0.25) is 0 Å². The Morgan fingerprint density at radius 2 is 1.56 bits per heavy atom. The van der Waals surface area contributed by atoms with Crippen LogP contribution in [-0.2, 0) is 44.6 Å². The van der Waals surface area contributed by atoms with E-state index in [1.54, 1.807) is 42.7 Å². The quantitative estimate of drug-likeness (QED) is 0.104. The summed E-state index contributed by atoms with van der Waals surface area (Å²) in [6, 6.07) is 4.83. The van der Waals surface area contributed by atoms with E-state index in [2.05, 4.69) is 20.9 Å². The number of amides is 3. The molecule has 0 aromatic heterocycles. The predicted molar refractivity (Wildman–Crippen MR) is 172 cm³/mol. The zero-order valence-electron chi connectivity index (χ0n) is 26.1. The van der Waals surface area contributed by atoms with Crippen molar-refractivity contribution in [1.29, 1.82) is 0 Å². The number of carbonyl (C=O) groups excluding carboxylic acids is 4. The molecule has 3 amide bonds. The molecule has 0 aliphatic carbocycles. The largest absolute Gasteiger partial charge is 0.382 e. The second-order valence-corrected chi connectivity index (χ2v) is 14.4. The molecule has 1 aliphatic rings. The first-order valence-electron chi connectivity index (χ1n) is 14.3. The summed E-state index contributed by atoms with van der Waals surface area (Å²) >= 11 is 0. The lowest BCUT2D eigenvalue weighted by atomic mass is 9.91. The summed E-state index contributed by atoms with van der Waals surface area (Å²) in [7, 11) is -2.71. The number of ketones is 1. The van der Waals surface area contributed by atoms with Crippen molar-refractivity contribution in [1.82, 2.24) is 16.0 Å². The second kappa shape index (κ2) is 18.1. The molecule has 16 heteroatoms. The number of hydrogen-bond acceptors (Lipinski definition) is 11. The van der Waals surface area contributed by atoms with Crippen molar-refractivity contribution >= 4 is 48.9 Å². The Morgan fingerprint density at radius 3 is 2.09 bits per heavy atom. The van der Waals surface area contributed by atoms with E-state index in [9.17, 15) is 32.7 Å². The normalized spacial score (nSPS) is 18.6. The van der Waals surface area contributed by atoms with E-state index in [1.165, 1.54) is 20.4 Å². The van der Waals surface area contributed by atoms with Crippen LogP contribution in [0.15, 0.2) is 46.9 Å². The maximum Gasteiger partial charge on any atom is 0.268 e. The van der Waals surface area contributed by atoms with Crippen LogP contribution >= 0.6 is 10.9 Å². The molecule has 1 aromatic rings. The van der Waals surface area contributed by atoms with Gasteiger partial charge in [0.15, 0.2) is 5.78 Å². The molecule has 0 saturated heterocycles. The number of aliphatic hydroxyl groups is 1. The van der Waals surface area contributed by atoms with Gasteiger partial charge in [0.2, 0.25) is 11.8 Å². The highest BCUT2D eigenvalue weighted by atomic mass is 32.2. The predicted octanol–water partition coefficient (Wildman–Crippen LogP) is 0.941. The molecule has 252 valence electrons. The number of nitrogens with one attached hydrogen (secondary N) is 3. The van der Waals surface area contributed by atoms with Gasteiger partial charge in [0, 0.05) is 20.4 Å². The summed E-state index contributed by atoms with van der Waals surface area (Å²) in [5.41, 5.74) is -1.65. The standard InChI is InChI=1S/C29H44N4O10S2/c1-6-7-15-45(39,40)43-19-29(3,38)25(34)22(16-21-11-9-8-10-12-21)31-26(35)23(17-41-4)32-27(36)24(18-42-5)33-28(37)44-14-13-30-20(44)2/h8-14,22-24,38,44H,6-7,15-19H2,1-5H3,(H,31,35)(H,32,36)(H,33,37)/t22-,23-,24-,29+/m0/s1. The molecule has 1 unspecified atom stereocenters. The molecule has 1 aromatic carbocycles. The van der Waals surface area contributed by atoms with Crippen LogP contribution in [0.5, 0.6) is 0 Å². The molecule has 0 bridgehead atoms.